The van der Waals surface area contributed by atoms with Crippen LogP contribution in [0, 0.1) is 12.7 Å². The van der Waals surface area contributed by atoms with Crippen LogP contribution in [0.2, 0.25) is 0 Å². The summed E-state index contributed by atoms with van der Waals surface area (Å²) < 4.78 is 12.8. The second kappa shape index (κ2) is 5.74. The normalized spacial score (nSPS) is 12.4. The first kappa shape index (κ1) is 12.7. The van der Waals surface area contributed by atoms with Crippen LogP contribution in [-0.4, -0.2) is 12.0 Å². The summed E-state index contributed by atoms with van der Waals surface area (Å²) >= 11 is 0. The SMILES string of the molecule is CNC(Cc1ccc(C)cc1)c1ccc(F)cn1. The molecule has 1 aromatic heterocycles. The molecule has 1 aromatic carbocycles. The van der Waals surface area contributed by atoms with Crippen molar-refractivity contribution < 1.29 is 4.39 Å². The lowest BCUT2D eigenvalue weighted by Crippen LogP contribution is -2.20. The van der Waals surface area contributed by atoms with Gasteiger partial charge >= 0.3 is 0 Å². The van der Waals surface area contributed by atoms with Gasteiger partial charge < -0.3 is 5.32 Å². The van der Waals surface area contributed by atoms with E-state index in [1.807, 2.05) is 7.05 Å². The molecule has 18 heavy (non-hydrogen) atoms. The summed E-state index contributed by atoms with van der Waals surface area (Å²) in [5.41, 5.74) is 3.35. The predicted molar refractivity (Wildman–Crippen MR) is 70.9 cm³/mol. The second-order valence-electron chi connectivity index (χ2n) is 4.43. The number of benzene rings is 1. The highest BCUT2D eigenvalue weighted by molar-refractivity contribution is 5.23. The maximum atomic E-state index is 12.8. The van der Waals surface area contributed by atoms with Gasteiger partial charge in [0.05, 0.1) is 17.9 Å². The molecule has 1 atom stereocenters. The Labute approximate surface area is 107 Å². The van der Waals surface area contributed by atoms with E-state index in [-0.39, 0.29) is 11.9 Å². The minimum absolute atomic E-state index is 0.105. The van der Waals surface area contributed by atoms with Gasteiger partial charge in [0, 0.05) is 0 Å². The smallest absolute Gasteiger partial charge is 0.141 e. The summed E-state index contributed by atoms with van der Waals surface area (Å²) in [6, 6.07) is 11.7. The fourth-order valence-electron chi connectivity index (χ4n) is 1.91. The summed E-state index contributed by atoms with van der Waals surface area (Å²) in [5.74, 6) is -0.302. The third kappa shape index (κ3) is 3.14. The van der Waals surface area contributed by atoms with Gasteiger partial charge in [-0.25, -0.2) is 4.39 Å². The molecule has 1 N–H and O–H groups in total. The first-order valence-corrected chi connectivity index (χ1v) is 6.03. The van der Waals surface area contributed by atoms with E-state index in [0.29, 0.717) is 0 Å². The zero-order chi connectivity index (χ0) is 13.0. The first-order chi connectivity index (χ1) is 8.69. The van der Waals surface area contributed by atoms with Crippen molar-refractivity contribution in [1.82, 2.24) is 10.3 Å². The lowest BCUT2D eigenvalue weighted by Gasteiger charge is -2.15. The van der Waals surface area contributed by atoms with Crippen LogP contribution in [0.25, 0.3) is 0 Å². The number of halogens is 1. The summed E-state index contributed by atoms with van der Waals surface area (Å²) in [5, 5.41) is 3.22. The topological polar surface area (TPSA) is 24.9 Å². The van der Waals surface area contributed by atoms with Gasteiger partial charge in [0.2, 0.25) is 0 Å². The van der Waals surface area contributed by atoms with Gasteiger partial charge in [-0.3, -0.25) is 4.98 Å². The van der Waals surface area contributed by atoms with Gasteiger partial charge in [0.15, 0.2) is 0 Å². The molecule has 0 saturated heterocycles. The molecule has 0 radical (unpaired) electrons. The molecule has 0 fully saturated rings. The highest BCUT2D eigenvalue weighted by Gasteiger charge is 2.11. The van der Waals surface area contributed by atoms with Gasteiger partial charge in [-0.2, -0.15) is 0 Å². The van der Waals surface area contributed by atoms with E-state index in [9.17, 15) is 4.39 Å². The Morgan fingerprint density at radius 3 is 2.44 bits per heavy atom. The molecule has 2 nitrogen and oxygen atoms in total. The van der Waals surface area contributed by atoms with Crippen LogP contribution in [0.1, 0.15) is 22.9 Å². The molecule has 1 unspecified atom stereocenters. The van der Waals surface area contributed by atoms with Gasteiger partial charge in [-0.1, -0.05) is 29.8 Å². The van der Waals surface area contributed by atoms with E-state index < -0.39 is 0 Å². The molecule has 0 spiro atoms. The molecule has 2 rings (SSSR count). The molecule has 2 aromatic rings. The predicted octanol–water partition coefficient (Wildman–Crippen LogP) is 3.03. The minimum Gasteiger partial charge on any atom is -0.311 e. The number of hydrogen-bond donors (Lipinski definition) is 1. The van der Waals surface area contributed by atoms with Crippen molar-refractivity contribution in [3.05, 3.63) is 65.2 Å². The first-order valence-electron chi connectivity index (χ1n) is 6.03. The number of nitrogens with one attached hydrogen (secondary N) is 1. The largest absolute Gasteiger partial charge is 0.311 e. The Morgan fingerprint density at radius 2 is 1.89 bits per heavy atom. The van der Waals surface area contributed by atoms with Crippen LogP contribution in [0.5, 0.6) is 0 Å². The van der Waals surface area contributed by atoms with Crippen LogP contribution < -0.4 is 5.32 Å². The molecule has 0 bridgehead atoms. The number of aryl methyl sites for hydroxylation is 1. The Balaban J connectivity index is 2.14. The summed E-state index contributed by atoms with van der Waals surface area (Å²) in [6.45, 7) is 2.07. The van der Waals surface area contributed by atoms with E-state index >= 15 is 0 Å². The summed E-state index contributed by atoms with van der Waals surface area (Å²) in [4.78, 5) is 4.13. The molecule has 1 heterocycles. The molecule has 0 aliphatic carbocycles. The van der Waals surface area contributed by atoms with Crippen molar-refractivity contribution in [3.63, 3.8) is 0 Å². The number of aromatic nitrogens is 1. The molecule has 0 aliphatic heterocycles. The maximum Gasteiger partial charge on any atom is 0.141 e. The number of likely N-dealkylation sites (N-methyl/N-ethyl adjacent to an activating group) is 1. The molecular weight excluding hydrogens is 227 g/mol. The van der Waals surface area contributed by atoms with Crippen LogP contribution >= 0.6 is 0 Å². The highest BCUT2D eigenvalue weighted by atomic mass is 19.1. The fraction of sp³-hybridized carbons (Fsp3) is 0.267. The number of hydrogen-bond acceptors (Lipinski definition) is 2. The molecule has 3 heteroatoms. The third-order valence-corrected chi connectivity index (χ3v) is 3.02. The maximum absolute atomic E-state index is 12.8. The quantitative estimate of drug-likeness (QED) is 0.894. The molecule has 94 valence electrons. The van der Waals surface area contributed by atoms with Gasteiger partial charge in [-0.05, 0) is 38.1 Å². The van der Waals surface area contributed by atoms with E-state index in [1.54, 1.807) is 6.07 Å². The zero-order valence-electron chi connectivity index (χ0n) is 10.7. The third-order valence-electron chi connectivity index (χ3n) is 3.02. The average molecular weight is 244 g/mol. The van der Waals surface area contributed by atoms with Crippen LogP contribution in [-0.2, 0) is 6.42 Å². The van der Waals surface area contributed by atoms with Crippen LogP contribution in [0.3, 0.4) is 0 Å². The van der Waals surface area contributed by atoms with Crippen molar-refractivity contribution in [1.29, 1.82) is 0 Å². The zero-order valence-corrected chi connectivity index (χ0v) is 10.7. The van der Waals surface area contributed by atoms with Gasteiger partial charge in [-0.15, -0.1) is 0 Å². The fourth-order valence-corrected chi connectivity index (χ4v) is 1.91. The van der Waals surface area contributed by atoms with Crippen molar-refractivity contribution in [3.8, 4) is 0 Å². The number of nitrogens with zero attached hydrogens (tertiary/aromatic N) is 1. The second-order valence-corrected chi connectivity index (χ2v) is 4.43. The lowest BCUT2D eigenvalue weighted by molar-refractivity contribution is 0.565. The van der Waals surface area contributed by atoms with Crippen molar-refractivity contribution >= 4 is 0 Å². The Hall–Kier alpha value is -1.74. The Bertz CT molecular complexity index is 491. The number of pyridine rings is 1. The van der Waals surface area contributed by atoms with Crippen molar-refractivity contribution in [2.45, 2.75) is 19.4 Å². The monoisotopic (exact) mass is 244 g/mol. The standard InChI is InChI=1S/C15H17FN2/c1-11-3-5-12(6-4-11)9-15(17-2)14-8-7-13(16)10-18-14/h3-8,10,15,17H,9H2,1-2H3. The Kier molecular flexibility index (Phi) is 4.05. The molecule has 0 aliphatic rings. The van der Waals surface area contributed by atoms with Crippen molar-refractivity contribution in [2.24, 2.45) is 0 Å². The molecule has 0 saturated carbocycles. The van der Waals surface area contributed by atoms with E-state index in [2.05, 4.69) is 41.5 Å². The number of rotatable bonds is 4. The lowest BCUT2D eigenvalue weighted by atomic mass is 10.0. The van der Waals surface area contributed by atoms with Gasteiger partial charge in [0.25, 0.3) is 0 Å². The average Bonchev–Trinajstić information content (AvgIpc) is 2.39. The van der Waals surface area contributed by atoms with Crippen LogP contribution in [0.15, 0.2) is 42.6 Å². The Morgan fingerprint density at radius 1 is 1.17 bits per heavy atom. The summed E-state index contributed by atoms with van der Waals surface area (Å²) in [6.07, 6.45) is 2.10. The van der Waals surface area contributed by atoms with Gasteiger partial charge in [0.1, 0.15) is 5.82 Å². The van der Waals surface area contributed by atoms with Crippen molar-refractivity contribution in [2.75, 3.05) is 7.05 Å². The minimum atomic E-state index is -0.302. The van der Waals surface area contributed by atoms with E-state index in [0.717, 1.165) is 12.1 Å². The molecular formula is C15H17FN2. The highest BCUT2D eigenvalue weighted by Crippen LogP contribution is 2.16. The van der Waals surface area contributed by atoms with Crippen LogP contribution in [0.4, 0.5) is 4.39 Å². The van der Waals surface area contributed by atoms with E-state index in [4.69, 9.17) is 0 Å². The molecule has 0 amide bonds. The van der Waals surface area contributed by atoms with E-state index in [1.165, 1.54) is 23.4 Å². The summed E-state index contributed by atoms with van der Waals surface area (Å²) in [7, 11) is 1.89.